The minimum absolute atomic E-state index is 0.0266. The van der Waals surface area contributed by atoms with E-state index in [4.69, 9.17) is 10.2 Å². The van der Waals surface area contributed by atoms with Gasteiger partial charge < -0.3 is 14.8 Å². The van der Waals surface area contributed by atoms with Gasteiger partial charge in [0.05, 0.1) is 23.7 Å². The van der Waals surface area contributed by atoms with Crippen molar-refractivity contribution in [3.8, 4) is 0 Å². The Morgan fingerprint density at radius 2 is 2.10 bits per heavy atom. The third-order valence-electron chi connectivity index (χ3n) is 2.91. The number of fused-ring (bicyclic) bond motifs is 1. The summed E-state index contributed by atoms with van der Waals surface area (Å²) >= 11 is 0. The van der Waals surface area contributed by atoms with Gasteiger partial charge in [-0.25, -0.2) is 9.78 Å². The largest absolute Gasteiger partial charge is 0.478 e. The predicted molar refractivity (Wildman–Crippen MR) is 63.5 cm³/mol. The maximum absolute atomic E-state index is 13.0. The Labute approximate surface area is 111 Å². The topological polar surface area (TPSA) is 75.3 Å². The molecule has 1 aromatic heterocycles. The number of aliphatic hydroxyl groups is 1. The van der Waals surface area contributed by atoms with Gasteiger partial charge in [-0.2, -0.15) is 13.2 Å². The Kier molecular flexibility index (Phi) is 3.43. The summed E-state index contributed by atoms with van der Waals surface area (Å²) in [6.45, 7) is 0.871. The summed E-state index contributed by atoms with van der Waals surface area (Å²) in [4.78, 5) is 14.5. The second-order valence-corrected chi connectivity index (χ2v) is 4.31. The third kappa shape index (κ3) is 2.22. The number of rotatable bonds is 3. The number of aliphatic hydroxyl groups excluding tert-OH is 1. The van der Waals surface area contributed by atoms with Gasteiger partial charge in [-0.1, -0.05) is 6.07 Å². The number of hydrogen-bond donors (Lipinski definition) is 2. The first-order chi connectivity index (χ1) is 9.27. The molecule has 0 aliphatic rings. The van der Waals surface area contributed by atoms with Crippen molar-refractivity contribution in [2.75, 3.05) is 6.61 Å². The molecule has 0 spiro atoms. The molecule has 0 amide bonds. The fourth-order valence-electron chi connectivity index (χ4n) is 2.02. The molecule has 0 saturated heterocycles. The number of alkyl halides is 3. The Morgan fingerprint density at radius 3 is 2.60 bits per heavy atom. The van der Waals surface area contributed by atoms with Gasteiger partial charge in [0.15, 0.2) is 0 Å². The molecular formula is C12H11F3N2O3. The van der Waals surface area contributed by atoms with Crippen LogP contribution in [-0.2, 0) is 6.18 Å². The van der Waals surface area contributed by atoms with Crippen molar-refractivity contribution in [1.82, 2.24) is 9.55 Å². The molecule has 1 unspecified atom stereocenters. The summed E-state index contributed by atoms with van der Waals surface area (Å²) in [6.07, 6.45) is -4.74. The maximum Gasteiger partial charge on any atom is 0.449 e. The second-order valence-electron chi connectivity index (χ2n) is 4.31. The zero-order valence-electron chi connectivity index (χ0n) is 10.3. The van der Waals surface area contributed by atoms with Crippen molar-refractivity contribution in [2.45, 2.75) is 19.1 Å². The lowest BCUT2D eigenvalue weighted by molar-refractivity contribution is -0.147. The van der Waals surface area contributed by atoms with E-state index in [1.54, 1.807) is 0 Å². The van der Waals surface area contributed by atoms with Crippen molar-refractivity contribution < 1.29 is 28.2 Å². The zero-order valence-corrected chi connectivity index (χ0v) is 10.3. The van der Waals surface area contributed by atoms with Crippen LogP contribution in [0.2, 0.25) is 0 Å². The van der Waals surface area contributed by atoms with Gasteiger partial charge in [0, 0.05) is 0 Å². The first kappa shape index (κ1) is 14.3. The van der Waals surface area contributed by atoms with Crippen LogP contribution in [0.3, 0.4) is 0 Å². The summed E-state index contributed by atoms with van der Waals surface area (Å²) in [5.74, 6) is -2.58. The van der Waals surface area contributed by atoms with Gasteiger partial charge in [-0.3, -0.25) is 0 Å². The van der Waals surface area contributed by atoms with Crippen LogP contribution in [-0.4, -0.2) is 32.3 Å². The van der Waals surface area contributed by atoms with Gasteiger partial charge in [0.25, 0.3) is 0 Å². The summed E-state index contributed by atoms with van der Waals surface area (Å²) in [7, 11) is 0. The van der Waals surface area contributed by atoms with Crippen molar-refractivity contribution in [3.63, 3.8) is 0 Å². The molecule has 1 atom stereocenters. The number of hydrogen-bond acceptors (Lipinski definition) is 3. The second kappa shape index (κ2) is 4.78. The SMILES string of the molecule is CC(CO)n1c(C(F)(F)F)nc2c(C(=O)O)cccc21. The summed E-state index contributed by atoms with van der Waals surface area (Å²) < 4.78 is 39.8. The molecule has 108 valence electrons. The Bertz CT molecular complexity index is 664. The number of aromatic carboxylic acids is 1. The average molecular weight is 288 g/mol. The minimum atomic E-state index is -4.74. The normalized spacial score (nSPS) is 13.7. The van der Waals surface area contributed by atoms with Crippen LogP contribution >= 0.6 is 0 Å². The number of nitrogens with zero attached hydrogens (tertiary/aromatic N) is 2. The molecule has 2 N–H and O–H groups in total. The van der Waals surface area contributed by atoms with E-state index in [9.17, 15) is 18.0 Å². The van der Waals surface area contributed by atoms with E-state index in [1.165, 1.54) is 25.1 Å². The van der Waals surface area contributed by atoms with E-state index >= 15 is 0 Å². The van der Waals surface area contributed by atoms with E-state index < -0.39 is 30.6 Å². The standard InChI is InChI=1S/C12H11F3N2O3/c1-6(5-18)17-8-4-2-3-7(10(19)20)9(8)16-11(17)12(13,14)15/h2-4,6,18H,5H2,1H3,(H,19,20). The molecule has 0 fully saturated rings. The molecule has 2 rings (SSSR count). The summed E-state index contributed by atoms with van der Waals surface area (Å²) in [5.41, 5.74) is -0.525. The van der Waals surface area contributed by atoms with Gasteiger partial charge in [0.2, 0.25) is 5.82 Å². The van der Waals surface area contributed by atoms with Crippen molar-refractivity contribution in [3.05, 3.63) is 29.6 Å². The average Bonchev–Trinajstić information content (AvgIpc) is 2.76. The highest BCUT2D eigenvalue weighted by Gasteiger charge is 2.39. The summed E-state index contributed by atoms with van der Waals surface area (Å²) in [6, 6.07) is 3.00. The zero-order chi connectivity index (χ0) is 15.1. The van der Waals surface area contributed by atoms with E-state index in [2.05, 4.69) is 4.98 Å². The fourth-order valence-corrected chi connectivity index (χ4v) is 2.02. The highest BCUT2D eigenvalue weighted by Crippen LogP contribution is 2.34. The molecule has 0 aliphatic carbocycles. The van der Waals surface area contributed by atoms with Crippen LogP contribution in [0, 0.1) is 0 Å². The number of benzene rings is 1. The quantitative estimate of drug-likeness (QED) is 0.908. The first-order valence-corrected chi connectivity index (χ1v) is 5.69. The lowest BCUT2D eigenvalue weighted by Crippen LogP contribution is -2.19. The van der Waals surface area contributed by atoms with Crippen LogP contribution in [0.5, 0.6) is 0 Å². The molecule has 20 heavy (non-hydrogen) atoms. The first-order valence-electron chi connectivity index (χ1n) is 5.69. The molecule has 0 radical (unpaired) electrons. The number of carboxylic acid groups (broad SMARTS) is 1. The molecule has 0 saturated carbocycles. The lowest BCUT2D eigenvalue weighted by Gasteiger charge is -2.16. The molecular weight excluding hydrogens is 277 g/mol. The van der Waals surface area contributed by atoms with Gasteiger partial charge >= 0.3 is 12.1 Å². The van der Waals surface area contributed by atoms with Crippen LogP contribution in [0.1, 0.15) is 29.1 Å². The number of carboxylic acids is 1. The van der Waals surface area contributed by atoms with Crippen LogP contribution in [0.4, 0.5) is 13.2 Å². The van der Waals surface area contributed by atoms with Crippen molar-refractivity contribution in [1.29, 1.82) is 0 Å². The maximum atomic E-state index is 13.0. The van der Waals surface area contributed by atoms with Gasteiger partial charge in [-0.05, 0) is 19.1 Å². The van der Waals surface area contributed by atoms with Crippen molar-refractivity contribution >= 4 is 17.0 Å². The lowest BCUT2D eigenvalue weighted by atomic mass is 10.2. The predicted octanol–water partition coefficient (Wildman–Crippen LogP) is 2.31. The van der Waals surface area contributed by atoms with Crippen LogP contribution in [0.25, 0.3) is 11.0 Å². The molecule has 8 heteroatoms. The van der Waals surface area contributed by atoms with Gasteiger partial charge in [0.1, 0.15) is 5.52 Å². The molecule has 1 heterocycles. The van der Waals surface area contributed by atoms with E-state index in [1.807, 2.05) is 0 Å². The Hall–Kier alpha value is -2.09. The smallest absolute Gasteiger partial charge is 0.449 e. The number of imidazole rings is 1. The van der Waals surface area contributed by atoms with Gasteiger partial charge in [-0.15, -0.1) is 0 Å². The highest BCUT2D eigenvalue weighted by atomic mass is 19.4. The molecule has 0 bridgehead atoms. The number of halogens is 3. The number of aromatic nitrogens is 2. The third-order valence-corrected chi connectivity index (χ3v) is 2.91. The Balaban J connectivity index is 2.86. The van der Waals surface area contributed by atoms with E-state index in [0.29, 0.717) is 0 Å². The monoisotopic (exact) mass is 288 g/mol. The number of para-hydroxylation sites is 1. The van der Waals surface area contributed by atoms with Crippen LogP contribution < -0.4 is 0 Å². The molecule has 0 aliphatic heterocycles. The molecule has 5 nitrogen and oxygen atoms in total. The molecule has 2 aromatic rings. The number of carbonyl (C=O) groups is 1. The fraction of sp³-hybridized carbons (Fsp3) is 0.333. The molecule has 1 aromatic carbocycles. The highest BCUT2D eigenvalue weighted by molar-refractivity contribution is 6.01. The van der Waals surface area contributed by atoms with Crippen molar-refractivity contribution in [2.24, 2.45) is 0 Å². The van der Waals surface area contributed by atoms with Crippen LogP contribution in [0.15, 0.2) is 18.2 Å². The Morgan fingerprint density at radius 1 is 1.45 bits per heavy atom. The van der Waals surface area contributed by atoms with E-state index in [-0.39, 0.29) is 16.6 Å². The van der Waals surface area contributed by atoms with E-state index in [0.717, 1.165) is 4.57 Å². The minimum Gasteiger partial charge on any atom is -0.478 e. The summed E-state index contributed by atoms with van der Waals surface area (Å²) in [5, 5.41) is 18.1.